The van der Waals surface area contributed by atoms with Crippen LogP contribution >= 0.6 is 39.1 Å². The van der Waals surface area contributed by atoms with Crippen LogP contribution in [-0.4, -0.2) is 5.11 Å². The third-order valence-corrected chi connectivity index (χ3v) is 5.88. The number of aromatic hydroxyl groups is 1. The highest BCUT2D eigenvalue weighted by atomic mass is 79.9. The van der Waals surface area contributed by atoms with E-state index in [0.29, 0.717) is 10.9 Å². The Hall–Kier alpha value is -1.16. The van der Waals surface area contributed by atoms with Crippen molar-refractivity contribution in [2.45, 2.75) is 18.4 Å². The van der Waals surface area contributed by atoms with E-state index < -0.39 is 0 Å². The highest BCUT2D eigenvalue weighted by Gasteiger charge is 2.40. The first kappa shape index (κ1) is 15.4. The number of rotatable bonds is 1. The summed E-state index contributed by atoms with van der Waals surface area (Å²) in [6.45, 7) is 0. The quantitative estimate of drug-likeness (QED) is 0.541. The summed E-state index contributed by atoms with van der Waals surface area (Å²) in [5.74, 6) is 0.803. The highest BCUT2D eigenvalue weighted by Crippen LogP contribution is 2.54. The van der Waals surface area contributed by atoms with Gasteiger partial charge in [0.05, 0.1) is 16.8 Å². The second-order valence-electron chi connectivity index (χ2n) is 6.00. The van der Waals surface area contributed by atoms with Crippen LogP contribution in [0.25, 0.3) is 0 Å². The number of halogens is 3. The lowest BCUT2D eigenvalue weighted by Crippen LogP contribution is -2.29. The highest BCUT2D eigenvalue weighted by molar-refractivity contribution is 9.10. The van der Waals surface area contributed by atoms with Crippen LogP contribution in [0.2, 0.25) is 10.0 Å². The Kier molecular flexibility index (Phi) is 3.83. The summed E-state index contributed by atoms with van der Waals surface area (Å²) in [6.07, 6.45) is 5.33. The molecular formula is C18H14BrCl2NO. The standard InChI is InChI=1S/C18H14BrCl2NO/c19-9-4-7-15(23)12(8-9)17-11-3-1-2-10(11)16-13(20)5-6-14(21)18(16)22-17/h1-2,4-8,10-11,17,22-23H,3H2. The molecule has 3 atom stereocenters. The molecule has 0 bridgehead atoms. The molecule has 2 aromatic rings. The van der Waals surface area contributed by atoms with Gasteiger partial charge < -0.3 is 10.4 Å². The molecule has 2 N–H and O–H groups in total. The first-order valence-electron chi connectivity index (χ1n) is 7.46. The molecule has 23 heavy (non-hydrogen) atoms. The summed E-state index contributed by atoms with van der Waals surface area (Å²) >= 11 is 16.3. The van der Waals surface area contributed by atoms with Crippen LogP contribution in [0.5, 0.6) is 5.75 Å². The average molecular weight is 411 g/mol. The number of anilines is 1. The molecule has 0 fully saturated rings. The Bertz CT molecular complexity index is 821. The first-order valence-corrected chi connectivity index (χ1v) is 9.00. The fourth-order valence-electron chi connectivity index (χ4n) is 3.71. The Morgan fingerprint density at radius 1 is 1.13 bits per heavy atom. The Morgan fingerprint density at radius 2 is 1.91 bits per heavy atom. The van der Waals surface area contributed by atoms with Crippen molar-refractivity contribution in [3.8, 4) is 5.75 Å². The molecule has 0 amide bonds. The van der Waals surface area contributed by atoms with E-state index >= 15 is 0 Å². The minimum atomic E-state index is -0.0176. The van der Waals surface area contributed by atoms with Gasteiger partial charge in [0.25, 0.3) is 0 Å². The van der Waals surface area contributed by atoms with Crippen molar-refractivity contribution >= 4 is 44.8 Å². The summed E-state index contributed by atoms with van der Waals surface area (Å²) in [4.78, 5) is 0. The number of hydrogen-bond donors (Lipinski definition) is 2. The van der Waals surface area contributed by atoms with Gasteiger partial charge >= 0.3 is 0 Å². The van der Waals surface area contributed by atoms with Crippen LogP contribution in [0.4, 0.5) is 5.69 Å². The maximum absolute atomic E-state index is 10.3. The molecule has 118 valence electrons. The van der Waals surface area contributed by atoms with Gasteiger partial charge in [-0.1, -0.05) is 51.3 Å². The number of phenolic OH excluding ortho intramolecular Hbond substituents is 1. The molecule has 1 heterocycles. The third kappa shape index (κ3) is 2.46. The molecule has 2 aromatic carbocycles. The molecule has 0 spiro atoms. The molecular weight excluding hydrogens is 397 g/mol. The molecule has 0 saturated heterocycles. The SMILES string of the molecule is Oc1ccc(Br)cc1C1Nc2c(Cl)ccc(Cl)c2C2C=CCC21. The van der Waals surface area contributed by atoms with Crippen molar-refractivity contribution in [2.75, 3.05) is 5.32 Å². The summed E-state index contributed by atoms with van der Waals surface area (Å²) in [7, 11) is 0. The van der Waals surface area contributed by atoms with Crippen molar-refractivity contribution in [2.24, 2.45) is 5.92 Å². The van der Waals surface area contributed by atoms with Gasteiger partial charge in [-0.05, 0) is 42.7 Å². The monoisotopic (exact) mass is 409 g/mol. The molecule has 0 saturated carbocycles. The Morgan fingerprint density at radius 3 is 2.74 bits per heavy atom. The van der Waals surface area contributed by atoms with E-state index in [0.717, 1.165) is 32.7 Å². The van der Waals surface area contributed by atoms with Crippen LogP contribution in [0.15, 0.2) is 47.0 Å². The zero-order valence-corrected chi connectivity index (χ0v) is 15.2. The topological polar surface area (TPSA) is 32.3 Å². The fraction of sp³-hybridized carbons (Fsp3) is 0.222. The average Bonchev–Trinajstić information content (AvgIpc) is 3.02. The third-order valence-electron chi connectivity index (χ3n) is 4.74. The summed E-state index contributed by atoms with van der Waals surface area (Å²) in [5, 5.41) is 15.3. The normalized spacial score (nSPS) is 24.9. The Balaban J connectivity index is 1.88. The van der Waals surface area contributed by atoms with E-state index in [1.165, 1.54) is 0 Å². The predicted octanol–water partition coefficient (Wildman–Crippen LogP) is 6.29. The largest absolute Gasteiger partial charge is 0.508 e. The van der Waals surface area contributed by atoms with Crippen LogP contribution in [0.3, 0.4) is 0 Å². The molecule has 0 radical (unpaired) electrons. The van der Waals surface area contributed by atoms with E-state index in [1.807, 2.05) is 24.3 Å². The Labute approximate surface area is 153 Å². The number of benzene rings is 2. The summed E-state index contributed by atoms with van der Waals surface area (Å²) in [6, 6.07) is 9.16. The zero-order valence-electron chi connectivity index (χ0n) is 12.1. The first-order chi connectivity index (χ1) is 11.1. The second-order valence-corrected chi connectivity index (χ2v) is 7.73. The lowest BCUT2D eigenvalue weighted by atomic mass is 9.77. The van der Waals surface area contributed by atoms with E-state index in [2.05, 4.69) is 33.4 Å². The summed E-state index contributed by atoms with van der Waals surface area (Å²) < 4.78 is 0.942. The van der Waals surface area contributed by atoms with Gasteiger partial charge in [0.1, 0.15) is 5.75 Å². The van der Waals surface area contributed by atoms with E-state index in [4.69, 9.17) is 23.2 Å². The van der Waals surface area contributed by atoms with Gasteiger partial charge in [-0.15, -0.1) is 0 Å². The lowest BCUT2D eigenvalue weighted by Gasteiger charge is -2.38. The molecule has 1 aliphatic carbocycles. The van der Waals surface area contributed by atoms with Crippen molar-refractivity contribution in [1.82, 2.24) is 0 Å². The van der Waals surface area contributed by atoms with Gasteiger partial charge in [-0.3, -0.25) is 0 Å². The van der Waals surface area contributed by atoms with E-state index in [-0.39, 0.29) is 17.7 Å². The van der Waals surface area contributed by atoms with Crippen molar-refractivity contribution in [3.63, 3.8) is 0 Å². The number of hydrogen-bond acceptors (Lipinski definition) is 2. The van der Waals surface area contributed by atoms with E-state index in [1.54, 1.807) is 6.07 Å². The van der Waals surface area contributed by atoms with Gasteiger partial charge in [0, 0.05) is 26.5 Å². The van der Waals surface area contributed by atoms with Gasteiger partial charge in [0.15, 0.2) is 0 Å². The number of nitrogens with one attached hydrogen (secondary N) is 1. The minimum absolute atomic E-state index is 0.0176. The van der Waals surface area contributed by atoms with Gasteiger partial charge in [-0.2, -0.15) is 0 Å². The smallest absolute Gasteiger partial charge is 0.120 e. The van der Waals surface area contributed by atoms with Crippen LogP contribution in [0, 0.1) is 5.92 Å². The maximum Gasteiger partial charge on any atom is 0.120 e. The van der Waals surface area contributed by atoms with E-state index in [9.17, 15) is 5.11 Å². The van der Waals surface area contributed by atoms with Crippen molar-refractivity contribution in [3.05, 3.63) is 68.1 Å². The van der Waals surface area contributed by atoms with Crippen LogP contribution in [-0.2, 0) is 0 Å². The molecule has 4 rings (SSSR count). The summed E-state index contributed by atoms with van der Waals surface area (Å²) in [5.41, 5.74) is 2.81. The molecule has 2 nitrogen and oxygen atoms in total. The molecule has 1 aliphatic heterocycles. The van der Waals surface area contributed by atoms with Crippen molar-refractivity contribution in [1.29, 1.82) is 0 Å². The lowest BCUT2D eigenvalue weighted by molar-refractivity contribution is 0.402. The molecule has 0 aromatic heterocycles. The number of allylic oxidation sites excluding steroid dienone is 2. The number of fused-ring (bicyclic) bond motifs is 3. The molecule has 2 aliphatic rings. The fourth-order valence-corrected chi connectivity index (χ4v) is 4.59. The maximum atomic E-state index is 10.3. The minimum Gasteiger partial charge on any atom is -0.508 e. The number of phenols is 1. The van der Waals surface area contributed by atoms with Gasteiger partial charge in [0.2, 0.25) is 0 Å². The van der Waals surface area contributed by atoms with Crippen molar-refractivity contribution < 1.29 is 5.11 Å². The predicted molar refractivity (Wildman–Crippen MR) is 98.6 cm³/mol. The van der Waals surface area contributed by atoms with Crippen LogP contribution < -0.4 is 5.32 Å². The molecule has 5 heteroatoms. The molecule has 3 unspecified atom stereocenters. The second kappa shape index (κ2) is 5.73. The van der Waals surface area contributed by atoms with Crippen LogP contribution in [0.1, 0.15) is 29.5 Å². The van der Waals surface area contributed by atoms with Gasteiger partial charge in [-0.25, -0.2) is 0 Å². The zero-order chi connectivity index (χ0) is 16.1.